The van der Waals surface area contributed by atoms with Gasteiger partial charge in [0, 0.05) is 5.02 Å². The summed E-state index contributed by atoms with van der Waals surface area (Å²) in [4.78, 5) is 24.6. The van der Waals surface area contributed by atoms with Crippen LogP contribution in [0.5, 0.6) is 5.75 Å². The average Bonchev–Trinajstić information content (AvgIpc) is 2.63. The highest BCUT2D eigenvalue weighted by atomic mass is 35.5. The maximum Gasteiger partial charge on any atom is 0.344 e. The lowest BCUT2D eigenvalue weighted by molar-refractivity contribution is 0.0489. The van der Waals surface area contributed by atoms with Crippen LogP contribution in [0.15, 0.2) is 48.5 Å². The summed E-state index contributed by atoms with van der Waals surface area (Å²) < 4.78 is 10.6. The zero-order valence-corrected chi connectivity index (χ0v) is 14.9. The van der Waals surface area contributed by atoms with Crippen LogP contribution in [0.2, 0.25) is 5.02 Å². The molecule has 0 fully saturated rings. The monoisotopic (exact) mass is 360 g/mol. The summed E-state index contributed by atoms with van der Waals surface area (Å²) in [5.74, 6) is -0.766. The molecule has 0 saturated carbocycles. The number of unbranched alkanes of at least 4 members (excludes halogenated alkanes) is 3. The molecule has 132 valence electrons. The van der Waals surface area contributed by atoms with Gasteiger partial charge in [0.25, 0.3) is 0 Å². The number of esters is 2. The molecule has 0 unspecified atom stereocenters. The van der Waals surface area contributed by atoms with E-state index in [2.05, 4.69) is 6.92 Å². The van der Waals surface area contributed by atoms with Crippen molar-refractivity contribution in [3.8, 4) is 5.75 Å². The zero-order valence-electron chi connectivity index (χ0n) is 14.2. The van der Waals surface area contributed by atoms with Crippen molar-refractivity contribution in [3.05, 3.63) is 64.7 Å². The van der Waals surface area contributed by atoms with E-state index >= 15 is 0 Å². The highest BCUT2D eigenvalue weighted by Crippen LogP contribution is 2.19. The first-order valence-corrected chi connectivity index (χ1v) is 8.73. The summed E-state index contributed by atoms with van der Waals surface area (Å²) in [6.45, 7) is 2.47. The highest BCUT2D eigenvalue weighted by molar-refractivity contribution is 6.30. The first-order chi connectivity index (χ1) is 12.1. The van der Waals surface area contributed by atoms with Crippen molar-refractivity contribution in [3.63, 3.8) is 0 Å². The second kappa shape index (κ2) is 9.84. The molecule has 0 saturated heterocycles. The van der Waals surface area contributed by atoms with Crippen LogP contribution in [0.4, 0.5) is 0 Å². The van der Waals surface area contributed by atoms with E-state index in [9.17, 15) is 9.59 Å². The van der Waals surface area contributed by atoms with Crippen LogP contribution in [0.3, 0.4) is 0 Å². The van der Waals surface area contributed by atoms with E-state index in [0.29, 0.717) is 17.4 Å². The van der Waals surface area contributed by atoms with Crippen LogP contribution in [0, 0.1) is 0 Å². The summed E-state index contributed by atoms with van der Waals surface area (Å²) >= 11 is 5.81. The Morgan fingerprint density at radius 1 is 0.880 bits per heavy atom. The molecule has 0 aliphatic heterocycles. The van der Waals surface area contributed by atoms with E-state index in [1.165, 1.54) is 0 Å². The van der Waals surface area contributed by atoms with Gasteiger partial charge >= 0.3 is 11.9 Å². The summed E-state index contributed by atoms with van der Waals surface area (Å²) in [5.41, 5.74) is 0.382. The van der Waals surface area contributed by atoms with Crippen LogP contribution >= 0.6 is 11.6 Å². The lowest BCUT2D eigenvalue weighted by Crippen LogP contribution is -2.16. The van der Waals surface area contributed by atoms with Crippen LogP contribution in [0.25, 0.3) is 0 Å². The zero-order chi connectivity index (χ0) is 18.1. The Hall–Kier alpha value is -2.33. The third kappa shape index (κ3) is 5.91. The Balaban J connectivity index is 2.02. The number of halogens is 1. The van der Waals surface area contributed by atoms with Gasteiger partial charge in [-0.15, -0.1) is 0 Å². The molecular formula is C20H21ClO4. The third-order valence-corrected chi connectivity index (χ3v) is 3.87. The minimum Gasteiger partial charge on any atom is -0.462 e. The van der Waals surface area contributed by atoms with Crippen LogP contribution in [0.1, 0.15) is 53.3 Å². The fourth-order valence-electron chi connectivity index (χ4n) is 2.28. The molecular weight excluding hydrogens is 340 g/mol. The SMILES string of the molecule is CCCCCCOC(=O)c1ccccc1C(=O)Oc1ccc(Cl)cc1. The van der Waals surface area contributed by atoms with Gasteiger partial charge in [-0.25, -0.2) is 9.59 Å². The quantitative estimate of drug-likeness (QED) is 0.364. The van der Waals surface area contributed by atoms with E-state index in [1.54, 1.807) is 48.5 Å². The first kappa shape index (κ1) is 19.0. The standard InChI is InChI=1S/C20H21ClO4/c1-2-3-4-7-14-24-19(22)17-8-5-6-9-18(17)20(23)25-16-12-10-15(21)11-13-16/h5-6,8-13H,2-4,7,14H2,1H3. The minimum absolute atomic E-state index is 0.177. The van der Waals surface area contributed by atoms with Gasteiger partial charge in [-0.2, -0.15) is 0 Å². The fourth-order valence-corrected chi connectivity index (χ4v) is 2.40. The molecule has 5 heteroatoms. The number of benzene rings is 2. The van der Waals surface area contributed by atoms with Gasteiger partial charge in [-0.05, 0) is 42.8 Å². The number of rotatable bonds is 8. The molecule has 25 heavy (non-hydrogen) atoms. The largest absolute Gasteiger partial charge is 0.462 e. The first-order valence-electron chi connectivity index (χ1n) is 8.35. The Morgan fingerprint density at radius 2 is 1.52 bits per heavy atom. The molecule has 0 bridgehead atoms. The predicted molar refractivity (Wildman–Crippen MR) is 97.3 cm³/mol. The second-order valence-corrected chi connectivity index (χ2v) is 6.02. The topological polar surface area (TPSA) is 52.6 Å². The number of carbonyl (C=O) groups is 2. The van der Waals surface area contributed by atoms with Gasteiger partial charge in [0.2, 0.25) is 0 Å². The predicted octanol–water partition coefficient (Wildman–Crippen LogP) is 5.30. The Bertz CT molecular complexity index is 710. The maximum atomic E-state index is 12.4. The minimum atomic E-state index is -0.610. The van der Waals surface area contributed by atoms with E-state index < -0.39 is 11.9 Å². The second-order valence-electron chi connectivity index (χ2n) is 5.59. The van der Waals surface area contributed by atoms with Crippen molar-refractivity contribution in [2.75, 3.05) is 6.61 Å². The molecule has 0 aliphatic carbocycles. The van der Waals surface area contributed by atoms with Crippen molar-refractivity contribution >= 4 is 23.5 Å². The van der Waals surface area contributed by atoms with E-state index in [1.807, 2.05) is 0 Å². The molecule has 2 aromatic rings. The van der Waals surface area contributed by atoms with Crippen LogP contribution in [-0.4, -0.2) is 18.5 Å². The summed E-state index contributed by atoms with van der Waals surface area (Å²) in [6.07, 6.45) is 4.07. The van der Waals surface area contributed by atoms with E-state index in [4.69, 9.17) is 21.1 Å². The number of hydrogen-bond acceptors (Lipinski definition) is 4. The van der Waals surface area contributed by atoms with Gasteiger partial charge in [-0.1, -0.05) is 49.9 Å². The smallest absolute Gasteiger partial charge is 0.344 e. The Kier molecular flexibility index (Phi) is 7.48. The Morgan fingerprint density at radius 3 is 2.16 bits per heavy atom. The number of carbonyl (C=O) groups excluding carboxylic acids is 2. The molecule has 0 aromatic heterocycles. The lowest BCUT2D eigenvalue weighted by Gasteiger charge is -2.09. The van der Waals surface area contributed by atoms with E-state index in [-0.39, 0.29) is 11.1 Å². The van der Waals surface area contributed by atoms with Crippen molar-refractivity contribution < 1.29 is 19.1 Å². The lowest BCUT2D eigenvalue weighted by atomic mass is 10.1. The summed E-state index contributed by atoms with van der Waals surface area (Å²) in [6, 6.07) is 12.9. The summed E-state index contributed by atoms with van der Waals surface area (Å²) in [5, 5.41) is 0.548. The van der Waals surface area contributed by atoms with Gasteiger partial charge in [0.15, 0.2) is 0 Å². The van der Waals surface area contributed by atoms with Gasteiger partial charge < -0.3 is 9.47 Å². The van der Waals surface area contributed by atoms with Gasteiger partial charge in [-0.3, -0.25) is 0 Å². The Labute approximate surface area is 152 Å². The normalized spacial score (nSPS) is 10.3. The van der Waals surface area contributed by atoms with Crippen LogP contribution in [-0.2, 0) is 4.74 Å². The molecule has 0 radical (unpaired) electrons. The van der Waals surface area contributed by atoms with Crippen LogP contribution < -0.4 is 4.74 Å². The molecule has 2 aromatic carbocycles. The molecule has 4 nitrogen and oxygen atoms in total. The van der Waals surface area contributed by atoms with Crippen molar-refractivity contribution in [2.45, 2.75) is 32.6 Å². The average molecular weight is 361 g/mol. The molecule has 0 spiro atoms. The number of hydrogen-bond donors (Lipinski definition) is 0. The maximum absolute atomic E-state index is 12.4. The number of ether oxygens (including phenoxy) is 2. The highest BCUT2D eigenvalue weighted by Gasteiger charge is 2.19. The van der Waals surface area contributed by atoms with Gasteiger partial charge in [0.05, 0.1) is 17.7 Å². The van der Waals surface area contributed by atoms with E-state index in [0.717, 1.165) is 25.7 Å². The molecule has 2 rings (SSSR count). The molecule has 0 aliphatic rings. The molecule has 0 heterocycles. The summed E-state index contributed by atoms with van der Waals surface area (Å²) in [7, 11) is 0. The van der Waals surface area contributed by atoms with Crippen molar-refractivity contribution in [1.29, 1.82) is 0 Å². The molecule has 0 N–H and O–H groups in total. The third-order valence-electron chi connectivity index (χ3n) is 3.62. The van der Waals surface area contributed by atoms with Gasteiger partial charge in [0.1, 0.15) is 5.75 Å². The fraction of sp³-hybridized carbons (Fsp3) is 0.300. The van der Waals surface area contributed by atoms with Crippen molar-refractivity contribution in [1.82, 2.24) is 0 Å². The molecule has 0 atom stereocenters. The molecule has 0 amide bonds. The van der Waals surface area contributed by atoms with Crippen molar-refractivity contribution in [2.24, 2.45) is 0 Å².